The fourth-order valence-electron chi connectivity index (χ4n) is 3.62. The molecule has 3 rings (SSSR count). The van der Waals surface area contributed by atoms with E-state index < -0.39 is 9.84 Å². The molecule has 5 nitrogen and oxygen atoms in total. The molecule has 2 heterocycles. The molecule has 1 fully saturated rings. The van der Waals surface area contributed by atoms with Crippen LogP contribution in [-0.2, 0) is 14.6 Å². The van der Waals surface area contributed by atoms with E-state index in [1.807, 2.05) is 29.2 Å². The van der Waals surface area contributed by atoms with Gasteiger partial charge >= 0.3 is 0 Å². The van der Waals surface area contributed by atoms with Gasteiger partial charge in [0.1, 0.15) is 0 Å². The SMILES string of the molecule is CC(C)C1CN(C(=O)CC2CCCS(=O)(=O)C2)c2ccccc2N1. The lowest BCUT2D eigenvalue weighted by atomic mass is 9.97. The number of sulfone groups is 1. The largest absolute Gasteiger partial charge is 0.379 e. The van der Waals surface area contributed by atoms with Crippen LogP contribution in [0.2, 0.25) is 0 Å². The number of para-hydroxylation sites is 2. The van der Waals surface area contributed by atoms with Gasteiger partial charge in [-0.05, 0) is 36.8 Å². The van der Waals surface area contributed by atoms with Crippen molar-refractivity contribution in [3.63, 3.8) is 0 Å². The number of rotatable bonds is 3. The van der Waals surface area contributed by atoms with E-state index in [4.69, 9.17) is 0 Å². The summed E-state index contributed by atoms with van der Waals surface area (Å²) >= 11 is 0. The van der Waals surface area contributed by atoms with Gasteiger partial charge in [-0.2, -0.15) is 0 Å². The highest BCUT2D eigenvalue weighted by molar-refractivity contribution is 7.91. The Kier molecular flexibility index (Phi) is 4.85. The lowest BCUT2D eigenvalue weighted by Gasteiger charge is -2.38. The number of amides is 1. The quantitative estimate of drug-likeness (QED) is 0.910. The predicted octanol–water partition coefficient (Wildman–Crippen LogP) is 2.68. The third kappa shape index (κ3) is 3.74. The Morgan fingerprint density at radius 1 is 1.33 bits per heavy atom. The van der Waals surface area contributed by atoms with Crippen LogP contribution >= 0.6 is 0 Å². The minimum Gasteiger partial charge on any atom is -0.379 e. The molecule has 0 spiro atoms. The second-order valence-corrected chi connectivity index (χ2v) is 9.57. The van der Waals surface area contributed by atoms with Crippen molar-refractivity contribution < 1.29 is 13.2 Å². The van der Waals surface area contributed by atoms with E-state index in [2.05, 4.69) is 19.2 Å². The molecule has 0 aromatic heterocycles. The third-order valence-electron chi connectivity index (χ3n) is 5.04. The van der Waals surface area contributed by atoms with Gasteiger partial charge in [0.15, 0.2) is 9.84 Å². The highest BCUT2D eigenvalue weighted by Crippen LogP contribution is 2.33. The van der Waals surface area contributed by atoms with Crippen LogP contribution in [0.15, 0.2) is 24.3 Å². The van der Waals surface area contributed by atoms with Crippen molar-refractivity contribution >= 4 is 27.1 Å². The van der Waals surface area contributed by atoms with Gasteiger partial charge in [-0.1, -0.05) is 26.0 Å². The van der Waals surface area contributed by atoms with E-state index in [-0.39, 0.29) is 29.4 Å². The number of nitrogens with zero attached hydrogens (tertiary/aromatic N) is 1. The number of carbonyl (C=O) groups is 1. The van der Waals surface area contributed by atoms with E-state index in [0.717, 1.165) is 17.8 Å². The molecule has 0 radical (unpaired) electrons. The number of benzene rings is 1. The zero-order valence-corrected chi connectivity index (χ0v) is 15.2. The first kappa shape index (κ1) is 17.3. The van der Waals surface area contributed by atoms with Crippen LogP contribution < -0.4 is 10.2 Å². The molecule has 2 unspecified atom stereocenters. The third-order valence-corrected chi connectivity index (χ3v) is 6.93. The number of hydrogen-bond acceptors (Lipinski definition) is 4. The molecule has 1 N–H and O–H groups in total. The van der Waals surface area contributed by atoms with E-state index in [1.165, 1.54) is 0 Å². The topological polar surface area (TPSA) is 66.5 Å². The van der Waals surface area contributed by atoms with Crippen molar-refractivity contribution in [1.29, 1.82) is 0 Å². The summed E-state index contributed by atoms with van der Waals surface area (Å²) in [6.45, 7) is 4.91. The zero-order valence-electron chi connectivity index (χ0n) is 14.4. The highest BCUT2D eigenvalue weighted by Gasteiger charge is 2.32. The van der Waals surface area contributed by atoms with Gasteiger partial charge in [-0.15, -0.1) is 0 Å². The Labute approximate surface area is 144 Å². The van der Waals surface area contributed by atoms with Gasteiger partial charge in [-0.25, -0.2) is 8.42 Å². The summed E-state index contributed by atoms with van der Waals surface area (Å²) in [6, 6.07) is 8.05. The molecular formula is C18H26N2O3S. The molecule has 2 aliphatic heterocycles. The van der Waals surface area contributed by atoms with Crippen LogP contribution in [0.4, 0.5) is 11.4 Å². The summed E-state index contributed by atoms with van der Waals surface area (Å²) in [7, 11) is -2.98. The van der Waals surface area contributed by atoms with E-state index in [9.17, 15) is 13.2 Å². The maximum Gasteiger partial charge on any atom is 0.227 e. The van der Waals surface area contributed by atoms with Crippen LogP contribution in [0.5, 0.6) is 0 Å². The van der Waals surface area contributed by atoms with Crippen molar-refractivity contribution in [2.75, 3.05) is 28.3 Å². The van der Waals surface area contributed by atoms with E-state index >= 15 is 0 Å². The Bertz CT molecular complexity index is 715. The highest BCUT2D eigenvalue weighted by atomic mass is 32.2. The van der Waals surface area contributed by atoms with Crippen LogP contribution in [0.25, 0.3) is 0 Å². The molecule has 132 valence electrons. The number of carbonyl (C=O) groups excluding carboxylic acids is 1. The fourth-order valence-corrected chi connectivity index (χ4v) is 5.40. The van der Waals surface area contributed by atoms with Crippen LogP contribution in [-0.4, -0.2) is 38.4 Å². The Morgan fingerprint density at radius 3 is 2.79 bits per heavy atom. The van der Waals surface area contributed by atoms with Crippen molar-refractivity contribution in [2.45, 2.75) is 39.2 Å². The summed E-state index contributed by atoms with van der Waals surface area (Å²) in [4.78, 5) is 14.8. The van der Waals surface area contributed by atoms with Gasteiger partial charge in [0.25, 0.3) is 0 Å². The predicted molar refractivity (Wildman–Crippen MR) is 97.0 cm³/mol. The van der Waals surface area contributed by atoms with Crippen LogP contribution in [0.3, 0.4) is 0 Å². The van der Waals surface area contributed by atoms with Gasteiger partial charge in [0, 0.05) is 19.0 Å². The number of fused-ring (bicyclic) bond motifs is 1. The lowest BCUT2D eigenvalue weighted by Crippen LogP contribution is -2.47. The van der Waals surface area contributed by atoms with Gasteiger partial charge in [0.2, 0.25) is 5.91 Å². The summed E-state index contributed by atoms with van der Waals surface area (Å²) in [6.07, 6.45) is 1.82. The molecule has 0 saturated carbocycles. The van der Waals surface area contributed by atoms with Crippen molar-refractivity contribution in [3.8, 4) is 0 Å². The minimum atomic E-state index is -2.98. The normalized spacial score (nSPS) is 25.9. The first-order valence-electron chi connectivity index (χ1n) is 8.72. The molecule has 1 aromatic rings. The summed E-state index contributed by atoms with van der Waals surface area (Å²) < 4.78 is 23.6. The van der Waals surface area contributed by atoms with Crippen LogP contribution in [0, 0.1) is 11.8 Å². The molecule has 1 aromatic carbocycles. The second kappa shape index (κ2) is 6.75. The molecule has 24 heavy (non-hydrogen) atoms. The standard InChI is InChI=1S/C18H26N2O3S/c1-13(2)16-11-20(17-8-4-3-7-15(17)19-16)18(21)10-14-6-5-9-24(22,23)12-14/h3-4,7-8,13-14,16,19H,5-6,9-12H2,1-2H3. The van der Waals surface area contributed by atoms with Gasteiger partial charge < -0.3 is 10.2 Å². The Morgan fingerprint density at radius 2 is 2.08 bits per heavy atom. The molecule has 6 heteroatoms. The Balaban J connectivity index is 1.78. The zero-order chi connectivity index (χ0) is 17.3. The molecule has 0 bridgehead atoms. The first-order valence-corrected chi connectivity index (χ1v) is 10.5. The first-order chi connectivity index (χ1) is 11.4. The fraction of sp³-hybridized carbons (Fsp3) is 0.611. The number of anilines is 2. The van der Waals surface area contributed by atoms with E-state index in [1.54, 1.807) is 0 Å². The molecule has 2 atom stereocenters. The second-order valence-electron chi connectivity index (χ2n) is 7.34. The maximum atomic E-state index is 12.9. The van der Waals surface area contributed by atoms with Gasteiger partial charge in [0.05, 0.1) is 22.9 Å². The maximum absolute atomic E-state index is 12.9. The Hall–Kier alpha value is -1.56. The van der Waals surface area contributed by atoms with Crippen molar-refractivity contribution in [2.24, 2.45) is 11.8 Å². The molecule has 1 saturated heterocycles. The summed E-state index contributed by atoms with van der Waals surface area (Å²) in [5.74, 6) is 0.820. The lowest BCUT2D eigenvalue weighted by molar-refractivity contribution is -0.119. The molecule has 1 amide bonds. The number of hydrogen-bond donors (Lipinski definition) is 1. The average molecular weight is 350 g/mol. The van der Waals surface area contributed by atoms with E-state index in [0.29, 0.717) is 25.3 Å². The number of nitrogens with one attached hydrogen (secondary N) is 1. The van der Waals surface area contributed by atoms with Crippen LogP contribution in [0.1, 0.15) is 33.1 Å². The van der Waals surface area contributed by atoms with Crippen molar-refractivity contribution in [3.05, 3.63) is 24.3 Å². The monoisotopic (exact) mass is 350 g/mol. The molecule has 2 aliphatic rings. The minimum absolute atomic E-state index is 0.0386. The molecule has 0 aliphatic carbocycles. The average Bonchev–Trinajstić information content (AvgIpc) is 2.52. The van der Waals surface area contributed by atoms with Gasteiger partial charge in [-0.3, -0.25) is 4.79 Å². The summed E-state index contributed by atoms with van der Waals surface area (Å²) in [5.41, 5.74) is 1.88. The smallest absolute Gasteiger partial charge is 0.227 e. The van der Waals surface area contributed by atoms with Crippen molar-refractivity contribution in [1.82, 2.24) is 0 Å². The summed E-state index contributed by atoms with van der Waals surface area (Å²) in [5, 5.41) is 3.51. The molecular weight excluding hydrogens is 324 g/mol.